The first-order chi connectivity index (χ1) is 12.0. The van der Waals surface area contributed by atoms with Crippen molar-refractivity contribution in [3.8, 4) is 11.5 Å². The van der Waals surface area contributed by atoms with Gasteiger partial charge >= 0.3 is 5.97 Å². The van der Waals surface area contributed by atoms with Crippen molar-refractivity contribution >= 4 is 23.3 Å². The first kappa shape index (κ1) is 17.0. The molecule has 0 saturated heterocycles. The van der Waals surface area contributed by atoms with E-state index >= 15 is 0 Å². The van der Waals surface area contributed by atoms with Crippen molar-refractivity contribution in [2.24, 2.45) is 0 Å². The molecular weight excluding hydrogens is 350 g/mol. The van der Waals surface area contributed by atoms with Gasteiger partial charge < -0.3 is 14.2 Å². The van der Waals surface area contributed by atoms with Crippen molar-refractivity contribution in [1.82, 2.24) is 0 Å². The quantitative estimate of drug-likeness (QED) is 0.464. The largest absolute Gasteiger partial charge is 0.486 e. The molecule has 8 heteroatoms. The Balaban J connectivity index is 1.91. The molecule has 1 aliphatic heterocycles. The van der Waals surface area contributed by atoms with Crippen LogP contribution in [0.2, 0.25) is 5.02 Å². The summed E-state index contributed by atoms with van der Waals surface area (Å²) in [7, 11) is 0. The van der Waals surface area contributed by atoms with E-state index in [4.69, 9.17) is 25.8 Å². The van der Waals surface area contributed by atoms with E-state index in [0.717, 1.165) is 0 Å². The van der Waals surface area contributed by atoms with Crippen LogP contribution in [0, 0.1) is 10.1 Å². The fraction of sp³-hybridized carbons (Fsp3) is 0.235. The maximum Gasteiger partial charge on any atom is 0.345 e. The molecular formula is C17H14ClNO6. The second-order valence-corrected chi connectivity index (χ2v) is 5.75. The van der Waals surface area contributed by atoms with E-state index in [1.165, 1.54) is 12.1 Å². The summed E-state index contributed by atoms with van der Waals surface area (Å²) in [6.45, 7) is 2.23. The molecule has 0 spiro atoms. The van der Waals surface area contributed by atoms with Gasteiger partial charge in [-0.15, -0.1) is 0 Å². The van der Waals surface area contributed by atoms with Crippen LogP contribution in [0.15, 0.2) is 36.4 Å². The predicted molar refractivity (Wildman–Crippen MR) is 89.4 cm³/mol. The van der Waals surface area contributed by atoms with Crippen molar-refractivity contribution in [3.63, 3.8) is 0 Å². The van der Waals surface area contributed by atoms with Crippen LogP contribution in [0.1, 0.15) is 28.9 Å². The van der Waals surface area contributed by atoms with E-state index in [9.17, 15) is 14.9 Å². The Kier molecular flexibility index (Phi) is 4.76. The van der Waals surface area contributed by atoms with Crippen LogP contribution >= 0.6 is 11.6 Å². The van der Waals surface area contributed by atoms with Gasteiger partial charge in [-0.3, -0.25) is 10.1 Å². The predicted octanol–water partition coefficient (Wildman–Crippen LogP) is 3.94. The van der Waals surface area contributed by atoms with Gasteiger partial charge in [0.1, 0.15) is 24.9 Å². The van der Waals surface area contributed by atoms with Crippen LogP contribution in [0.3, 0.4) is 0 Å². The second-order valence-electron chi connectivity index (χ2n) is 5.34. The minimum absolute atomic E-state index is 0.201. The molecule has 2 aromatic carbocycles. The number of nitro benzene ring substituents is 1. The molecule has 2 aromatic rings. The molecule has 0 radical (unpaired) electrons. The molecule has 0 amide bonds. The average molecular weight is 364 g/mol. The molecule has 7 nitrogen and oxygen atoms in total. The first-order valence-corrected chi connectivity index (χ1v) is 7.88. The summed E-state index contributed by atoms with van der Waals surface area (Å²) in [5.41, 5.74) is 0.00600. The van der Waals surface area contributed by atoms with Crippen molar-refractivity contribution in [2.45, 2.75) is 13.0 Å². The summed E-state index contributed by atoms with van der Waals surface area (Å²) in [6, 6.07) is 9.36. The van der Waals surface area contributed by atoms with Crippen molar-refractivity contribution in [2.75, 3.05) is 13.2 Å². The summed E-state index contributed by atoms with van der Waals surface area (Å²) >= 11 is 6.09. The molecule has 3 rings (SSSR count). The lowest BCUT2D eigenvalue weighted by molar-refractivity contribution is -0.385. The van der Waals surface area contributed by atoms with Crippen molar-refractivity contribution in [3.05, 3.63) is 62.7 Å². The van der Waals surface area contributed by atoms with Crippen molar-refractivity contribution < 1.29 is 23.9 Å². The molecule has 0 unspecified atom stereocenters. The van der Waals surface area contributed by atoms with E-state index in [0.29, 0.717) is 17.2 Å². The maximum atomic E-state index is 12.5. The Morgan fingerprint density at radius 2 is 1.88 bits per heavy atom. The maximum absolute atomic E-state index is 12.5. The van der Waals surface area contributed by atoms with E-state index in [2.05, 4.69) is 0 Å². The van der Waals surface area contributed by atoms with Gasteiger partial charge in [-0.1, -0.05) is 29.8 Å². The van der Waals surface area contributed by atoms with Crippen molar-refractivity contribution in [1.29, 1.82) is 0 Å². The number of fused-ring (bicyclic) bond motifs is 1. The lowest BCUT2D eigenvalue weighted by Gasteiger charge is -2.19. The van der Waals surface area contributed by atoms with E-state index in [1.807, 2.05) is 0 Å². The summed E-state index contributed by atoms with van der Waals surface area (Å²) in [4.78, 5) is 23.1. The normalized spacial score (nSPS) is 13.8. The van der Waals surface area contributed by atoms with E-state index in [1.54, 1.807) is 31.2 Å². The number of carbonyl (C=O) groups excluding carboxylic acids is 1. The Labute approximate surface area is 148 Å². The number of esters is 1. The van der Waals surface area contributed by atoms with Gasteiger partial charge in [-0.25, -0.2) is 4.79 Å². The third-order valence-corrected chi connectivity index (χ3v) is 4.05. The van der Waals surface area contributed by atoms with E-state index < -0.39 is 22.7 Å². The highest BCUT2D eigenvalue weighted by molar-refractivity contribution is 6.31. The number of ether oxygens (including phenoxy) is 3. The molecule has 0 saturated carbocycles. The zero-order valence-electron chi connectivity index (χ0n) is 13.2. The number of rotatable bonds is 4. The lowest BCUT2D eigenvalue weighted by atomic mass is 10.1. The van der Waals surface area contributed by atoms with Gasteiger partial charge in [-0.2, -0.15) is 0 Å². The van der Waals surface area contributed by atoms with Crippen LogP contribution < -0.4 is 9.47 Å². The fourth-order valence-electron chi connectivity index (χ4n) is 2.48. The van der Waals surface area contributed by atoms with Crippen LogP contribution in [-0.2, 0) is 4.74 Å². The number of hydrogen-bond donors (Lipinski definition) is 0. The Morgan fingerprint density at radius 1 is 1.24 bits per heavy atom. The second kappa shape index (κ2) is 6.98. The van der Waals surface area contributed by atoms with Gasteiger partial charge in [0.15, 0.2) is 11.5 Å². The molecule has 25 heavy (non-hydrogen) atoms. The van der Waals surface area contributed by atoms with Gasteiger partial charge in [-0.05, 0) is 13.0 Å². The smallest absolute Gasteiger partial charge is 0.345 e. The number of halogens is 1. The molecule has 1 aliphatic rings. The molecule has 0 aliphatic carbocycles. The summed E-state index contributed by atoms with van der Waals surface area (Å²) in [5, 5.41) is 11.7. The average Bonchev–Trinajstić information content (AvgIpc) is 2.60. The molecule has 0 aromatic heterocycles. The highest BCUT2D eigenvalue weighted by atomic mass is 35.5. The molecule has 0 fully saturated rings. The molecule has 0 bridgehead atoms. The SMILES string of the molecule is C[C@@H](OC(=O)c1cc2c(cc1[N+](=O)[O-])OCCO2)c1ccccc1Cl. The number of benzene rings is 2. The molecule has 1 atom stereocenters. The zero-order chi connectivity index (χ0) is 18.0. The summed E-state index contributed by atoms with van der Waals surface area (Å²) in [5.74, 6) is -0.334. The number of hydrogen-bond acceptors (Lipinski definition) is 6. The third-order valence-electron chi connectivity index (χ3n) is 3.70. The molecule has 0 N–H and O–H groups in total. The first-order valence-electron chi connectivity index (χ1n) is 7.51. The van der Waals surface area contributed by atoms with Gasteiger partial charge in [0.2, 0.25) is 0 Å². The minimum Gasteiger partial charge on any atom is -0.486 e. The summed E-state index contributed by atoms with van der Waals surface area (Å²) < 4.78 is 16.1. The van der Waals surface area contributed by atoms with Crippen LogP contribution in [-0.4, -0.2) is 24.1 Å². The highest BCUT2D eigenvalue weighted by Gasteiger charge is 2.28. The third kappa shape index (κ3) is 3.51. The number of carbonyl (C=O) groups is 1. The van der Waals surface area contributed by atoms with Crippen LogP contribution in [0.25, 0.3) is 0 Å². The van der Waals surface area contributed by atoms with Gasteiger partial charge in [0.05, 0.1) is 11.0 Å². The van der Waals surface area contributed by atoms with Crippen LogP contribution in [0.5, 0.6) is 11.5 Å². The topological polar surface area (TPSA) is 87.9 Å². The van der Waals surface area contributed by atoms with E-state index in [-0.39, 0.29) is 23.7 Å². The standard InChI is InChI=1S/C17H14ClNO6/c1-10(11-4-2-3-5-13(11)18)25-17(20)12-8-15-16(24-7-6-23-15)9-14(12)19(21)22/h2-5,8-10H,6-7H2,1H3/t10-/m1/s1. The van der Waals surface area contributed by atoms with Crippen LogP contribution in [0.4, 0.5) is 5.69 Å². The monoisotopic (exact) mass is 363 g/mol. The van der Waals surface area contributed by atoms with Gasteiger partial charge in [0, 0.05) is 16.7 Å². The molecule has 130 valence electrons. The fourth-order valence-corrected chi connectivity index (χ4v) is 2.77. The van der Waals surface area contributed by atoms with Gasteiger partial charge in [0.25, 0.3) is 5.69 Å². The lowest BCUT2D eigenvalue weighted by Crippen LogP contribution is -2.17. The molecule has 1 heterocycles. The minimum atomic E-state index is -0.837. The zero-order valence-corrected chi connectivity index (χ0v) is 14.0. The highest BCUT2D eigenvalue weighted by Crippen LogP contribution is 2.37. The Morgan fingerprint density at radius 3 is 2.52 bits per heavy atom. The summed E-state index contributed by atoms with van der Waals surface area (Å²) in [6.07, 6.45) is -0.672. The Hall–Kier alpha value is -2.80. The number of nitrogens with zero attached hydrogens (tertiary/aromatic N) is 1. The number of nitro groups is 1. The Bertz CT molecular complexity index is 838.